The molecule has 1 aromatic carbocycles. The van der Waals surface area contributed by atoms with Gasteiger partial charge in [0.1, 0.15) is 5.75 Å². The van der Waals surface area contributed by atoms with Gasteiger partial charge in [0, 0.05) is 19.2 Å². The zero-order valence-corrected chi connectivity index (χ0v) is 12.6. The molecule has 2 N–H and O–H groups in total. The highest BCUT2D eigenvalue weighted by molar-refractivity contribution is 7.89. The van der Waals surface area contributed by atoms with E-state index in [0.717, 1.165) is 0 Å². The fourth-order valence-electron chi connectivity index (χ4n) is 1.74. The van der Waals surface area contributed by atoms with Crippen LogP contribution in [0.3, 0.4) is 0 Å². The number of hydrogen-bond donors (Lipinski definition) is 1. The number of nitrogen functional groups attached to an aromatic ring is 1. The first-order valence-corrected chi connectivity index (χ1v) is 7.64. The van der Waals surface area contributed by atoms with Crippen molar-refractivity contribution in [2.24, 2.45) is 5.92 Å². The van der Waals surface area contributed by atoms with Gasteiger partial charge >= 0.3 is 0 Å². The van der Waals surface area contributed by atoms with Crippen LogP contribution < -0.4 is 10.5 Å². The minimum atomic E-state index is -3.66. The molecule has 7 heteroatoms. The third-order valence-electron chi connectivity index (χ3n) is 2.89. The number of rotatable bonds is 6. The van der Waals surface area contributed by atoms with Gasteiger partial charge in [0.05, 0.1) is 29.7 Å². The summed E-state index contributed by atoms with van der Waals surface area (Å²) in [4.78, 5) is 0.107. The van der Waals surface area contributed by atoms with Crippen molar-refractivity contribution in [1.29, 1.82) is 5.26 Å². The van der Waals surface area contributed by atoms with E-state index in [0.29, 0.717) is 18.0 Å². The molecule has 0 aromatic heterocycles. The maximum Gasteiger partial charge on any atom is 0.243 e. The first-order chi connectivity index (χ1) is 9.36. The predicted molar refractivity (Wildman–Crippen MR) is 76.6 cm³/mol. The third-order valence-corrected chi connectivity index (χ3v) is 4.83. The molecule has 6 nitrogen and oxygen atoms in total. The molecule has 0 bridgehead atoms. The second-order valence-electron chi connectivity index (χ2n) is 4.39. The summed E-state index contributed by atoms with van der Waals surface area (Å²) >= 11 is 0. The molecule has 0 fully saturated rings. The smallest absolute Gasteiger partial charge is 0.243 e. The van der Waals surface area contributed by atoms with Crippen molar-refractivity contribution in [2.45, 2.75) is 18.7 Å². The highest BCUT2D eigenvalue weighted by Gasteiger charge is 2.25. The molecule has 0 spiro atoms. The van der Waals surface area contributed by atoms with Gasteiger partial charge in [-0.25, -0.2) is 8.42 Å². The monoisotopic (exact) mass is 297 g/mol. The normalized spacial score (nSPS) is 12.9. The van der Waals surface area contributed by atoms with Crippen molar-refractivity contribution >= 4 is 15.7 Å². The van der Waals surface area contributed by atoms with Crippen molar-refractivity contribution in [2.75, 3.05) is 25.9 Å². The van der Waals surface area contributed by atoms with E-state index in [4.69, 9.17) is 15.7 Å². The number of methoxy groups -OCH3 is 1. The molecule has 0 amide bonds. The minimum absolute atomic E-state index is 0.107. The topological polar surface area (TPSA) is 96.4 Å². The molecule has 0 aliphatic rings. The van der Waals surface area contributed by atoms with Crippen LogP contribution in [0, 0.1) is 17.2 Å². The molecule has 110 valence electrons. The van der Waals surface area contributed by atoms with Crippen molar-refractivity contribution in [3.8, 4) is 11.8 Å². The molecular formula is C13H19N3O3S. The molecule has 0 aliphatic carbocycles. The van der Waals surface area contributed by atoms with E-state index < -0.39 is 10.0 Å². The van der Waals surface area contributed by atoms with Crippen LogP contribution in [0.25, 0.3) is 0 Å². The Morgan fingerprint density at radius 1 is 1.50 bits per heavy atom. The quantitative estimate of drug-likeness (QED) is 0.802. The van der Waals surface area contributed by atoms with Gasteiger partial charge in [-0.1, -0.05) is 6.92 Å². The molecule has 1 atom stereocenters. The lowest BCUT2D eigenvalue weighted by Crippen LogP contribution is -2.34. The van der Waals surface area contributed by atoms with Crippen LogP contribution in [0.1, 0.15) is 13.8 Å². The van der Waals surface area contributed by atoms with E-state index >= 15 is 0 Å². The van der Waals surface area contributed by atoms with E-state index in [1.54, 1.807) is 13.8 Å². The molecule has 20 heavy (non-hydrogen) atoms. The van der Waals surface area contributed by atoms with Gasteiger partial charge in [-0.15, -0.1) is 0 Å². The number of anilines is 1. The minimum Gasteiger partial charge on any atom is -0.495 e. The van der Waals surface area contributed by atoms with Gasteiger partial charge in [0.25, 0.3) is 0 Å². The Balaban J connectivity index is 3.17. The fourth-order valence-corrected chi connectivity index (χ4v) is 3.30. The largest absolute Gasteiger partial charge is 0.495 e. The molecule has 0 aliphatic heterocycles. The van der Waals surface area contributed by atoms with Gasteiger partial charge in [-0.2, -0.15) is 9.57 Å². The SMILES string of the molecule is CCN(CC(C)C#N)S(=O)(=O)c1ccc(N)c(OC)c1. The van der Waals surface area contributed by atoms with Crippen LogP contribution in [-0.2, 0) is 10.0 Å². The lowest BCUT2D eigenvalue weighted by atomic mass is 10.2. The number of nitriles is 1. The Morgan fingerprint density at radius 2 is 2.15 bits per heavy atom. The van der Waals surface area contributed by atoms with Crippen molar-refractivity contribution in [3.05, 3.63) is 18.2 Å². The maximum atomic E-state index is 12.5. The molecule has 0 saturated carbocycles. The number of hydrogen-bond acceptors (Lipinski definition) is 5. The summed E-state index contributed by atoms with van der Waals surface area (Å²) in [5.74, 6) is -0.0594. The van der Waals surface area contributed by atoms with Crippen LogP contribution in [0.2, 0.25) is 0 Å². The van der Waals surface area contributed by atoms with Crippen LogP contribution in [-0.4, -0.2) is 32.9 Å². The molecular weight excluding hydrogens is 278 g/mol. The Morgan fingerprint density at radius 3 is 2.65 bits per heavy atom. The highest BCUT2D eigenvalue weighted by atomic mass is 32.2. The summed E-state index contributed by atoms with van der Waals surface area (Å²) in [7, 11) is -2.23. The lowest BCUT2D eigenvalue weighted by Gasteiger charge is -2.21. The summed E-state index contributed by atoms with van der Waals surface area (Å²) in [5.41, 5.74) is 6.05. The second-order valence-corrected chi connectivity index (χ2v) is 6.33. The number of sulfonamides is 1. The number of nitrogens with zero attached hydrogens (tertiary/aromatic N) is 2. The first-order valence-electron chi connectivity index (χ1n) is 6.20. The maximum absolute atomic E-state index is 12.5. The lowest BCUT2D eigenvalue weighted by molar-refractivity contribution is 0.397. The molecule has 0 radical (unpaired) electrons. The summed E-state index contributed by atoms with van der Waals surface area (Å²) in [6, 6.07) is 6.36. The van der Waals surface area contributed by atoms with Crippen molar-refractivity contribution in [3.63, 3.8) is 0 Å². The fraction of sp³-hybridized carbons (Fsp3) is 0.462. The Hall–Kier alpha value is -1.78. The summed E-state index contributed by atoms with van der Waals surface area (Å²) in [6.45, 7) is 3.86. The second kappa shape index (κ2) is 6.59. The number of nitrogens with two attached hydrogens (primary N) is 1. The van der Waals surface area contributed by atoms with E-state index in [1.807, 2.05) is 6.07 Å². The Bertz CT molecular complexity index is 608. The van der Waals surface area contributed by atoms with Crippen molar-refractivity contribution < 1.29 is 13.2 Å². The summed E-state index contributed by atoms with van der Waals surface area (Å²) in [5, 5.41) is 8.83. The predicted octanol–water partition coefficient (Wildman–Crippen LogP) is 1.45. The molecule has 0 heterocycles. The van der Waals surface area contributed by atoms with E-state index in [-0.39, 0.29) is 17.4 Å². The van der Waals surface area contributed by atoms with Crippen LogP contribution in [0.15, 0.2) is 23.1 Å². The standard InChI is InChI=1S/C13H19N3O3S/c1-4-16(9-10(2)8-14)20(17,18)11-5-6-12(15)13(7-11)19-3/h5-7,10H,4,9,15H2,1-3H3. The molecule has 1 unspecified atom stereocenters. The summed E-state index contributed by atoms with van der Waals surface area (Å²) in [6.07, 6.45) is 0. The Labute approximate surface area is 119 Å². The molecule has 1 rings (SSSR count). The Kier molecular flexibility index (Phi) is 5.36. The van der Waals surface area contributed by atoms with Crippen LogP contribution >= 0.6 is 0 Å². The molecule has 1 aromatic rings. The van der Waals surface area contributed by atoms with Gasteiger partial charge in [-0.3, -0.25) is 0 Å². The van der Waals surface area contributed by atoms with Gasteiger partial charge in [0.15, 0.2) is 0 Å². The highest BCUT2D eigenvalue weighted by Crippen LogP contribution is 2.26. The summed E-state index contributed by atoms with van der Waals surface area (Å²) < 4.78 is 31.3. The zero-order valence-electron chi connectivity index (χ0n) is 11.8. The molecule has 0 saturated heterocycles. The van der Waals surface area contributed by atoms with E-state index in [1.165, 1.54) is 29.6 Å². The van der Waals surface area contributed by atoms with E-state index in [2.05, 4.69) is 0 Å². The van der Waals surface area contributed by atoms with E-state index in [9.17, 15) is 8.42 Å². The van der Waals surface area contributed by atoms with Crippen LogP contribution in [0.5, 0.6) is 5.75 Å². The van der Waals surface area contributed by atoms with Gasteiger partial charge in [0.2, 0.25) is 10.0 Å². The third kappa shape index (κ3) is 3.40. The number of benzene rings is 1. The van der Waals surface area contributed by atoms with Crippen LogP contribution in [0.4, 0.5) is 5.69 Å². The average Bonchev–Trinajstić information content (AvgIpc) is 2.44. The average molecular weight is 297 g/mol. The number of ether oxygens (including phenoxy) is 1. The zero-order chi connectivity index (χ0) is 15.3. The van der Waals surface area contributed by atoms with Gasteiger partial charge in [-0.05, 0) is 19.1 Å². The first kappa shape index (κ1) is 16.3. The van der Waals surface area contributed by atoms with Gasteiger partial charge < -0.3 is 10.5 Å². The van der Waals surface area contributed by atoms with Crippen molar-refractivity contribution in [1.82, 2.24) is 4.31 Å².